The summed E-state index contributed by atoms with van der Waals surface area (Å²) < 4.78 is 5.82. The zero-order chi connectivity index (χ0) is 12.3. The highest BCUT2D eigenvalue weighted by Gasteiger charge is 2.29. The third kappa shape index (κ3) is 3.30. The molecule has 0 spiro atoms. The fourth-order valence-electron chi connectivity index (χ4n) is 2.06. The van der Waals surface area contributed by atoms with Crippen molar-refractivity contribution >= 4 is 5.78 Å². The minimum atomic E-state index is 0.189. The molecule has 3 nitrogen and oxygen atoms in total. The van der Waals surface area contributed by atoms with Gasteiger partial charge in [0.05, 0.1) is 0 Å². The first-order valence-corrected chi connectivity index (χ1v) is 6.09. The Labute approximate surface area is 102 Å². The molecule has 1 aliphatic rings. The topological polar surface area (TPSA) is 38.3 Å². The molecular formula is C14H19NO2. The molecule has 1 aromatic carbocycles. The van der Waals surface area contributed by atoms with Gasteiger partial charge in [0.25, 0.3) is 0 Å². The van der Waals surface area contributed by atoms with Gasteiger partial charge in [-0.3, -0.25) is 4.79 Å². The van der Waals surface area contributed by atoms with Crippen LogP contribution in [-0.2, 0) is 11.2 Å². The van der Waals surface area contributed by atoms with Crippen LogP contribution < -0.4 is 10.1 Å². The van der Waals surface area contributed by atoms with E-state index in [2.05, 4.69) is 5.32 Å². The number of carbonyl (C=O) groups is 1. The highest BCUT2D eigenvalue weighted by atomic mass is 16.5. The van der Waals surface area contributed by atoms with Crippen LogP contribution in [0.15, 0.2) is 24.3 Å². The van der Waals surface area contributed by atoms with E-state index in [4.69, 9.17) is 4.74 Å². The molecule has 0 bridgehead atoms. The predicted octanol–water partition coefficient (Wildman–Crippen LogP) is 1.95. The Morgan fingerprint density at radius 2 is 2.00 bits per heavy atom. The van der Waals surface area contributed by atoms with E-state index in [1.54, 1.807) is 6.92 Å². The van der Waals surface area contributed by atoms with Crippen LogP contribution in [0.4, 0.5) is 0 Å². The van der Waals surface area contributed by atoms with Crippen LogP contribution in [0.25, 0.3) is 0 Å². The fourth-order valence-corrected chi connectivity index (χ4v) is 2.06. The van der Waals surface area contributed by atoms with Crippen LogP contribution >= 0.6 is 0 Å². The quantitative estimate of drug-likeness (QED) is 0.844. The molecular weight excluding hydrogens is 214 g/mol. The highest BCUT2D eigenvalue weighted by molar-refractivity contribution is 5.78. The van der Waals surface area contributed by atoms with Gasteiger partial charge in [0.2, 0.25) is 0 Å². The summed E-state index contributed by atoms with van der Waals surface area (Å²) in [6.45, 7) is 1.61. The van der Waals surface area contributed by atoms with Crippen molar-refractivity contribution in [2.75, 3.05) is 7.05 Å². The van der Waals surface area contributed by atoms with E-state index in [0.29, 0.717) is 18.6 Å². The Balaban J connectivity index is 1.84. The molecule has 1 saturated carbocycles. The van der Waals surface area contributed by atoms with E-state index < -0.39 is 0 Å². The lowest BCUT2D eigenvalue weighted by molar-refractivity contribution is -0.116. The maximum atomic E-state index is 11.0. The van der Waals surface area contributed by atoms with Gasteiger partial charge in [-0.15, -0.1) is 0 Å². The maximum absolute atomic E-state index is 11.0. The molecule has 3 heteroatoms. The van der Waals surface area contributed by atoms with Crippen LogP contribution in [0, 0.1) is 0 Å². The van der Waals surface area contributed by atoms with Crippen LogP contribution in [0.3, 0.4) is 0 Å². The van der Waals surface area contributed by atoms with Crippen molar-refractivity contribution in [3.05, 3.63) is 29.8 Å². The van der Waals surface area contributed by atoms with Gasteiger partial charge in [0, 0.05) is 12.5 Å². The molecule has 0 saturated heterocycles. The molecule has 17 heavy (non-hydrogen) atoms. The first kappa shape index (κ1) is 12.1. The average Bonchev–Trinajstić information content (AvgIpc) is 2.24. The van der Waals surface area contributed by atoms with Gasteiger partial charge in [-0.25, -0.2) is 0 Å². The van der Waals surface area contributed by atoms with Crippen molar-refractivity contribution in [1.82, 2.24) is 5.32 Å². The summed E-state index contributed by atoms with van der Waals surface area (Å²) in [5.74, 6) is 1.09. The largest absolute Gasteiger partial charge is 0.490 e. The summed E-state index contributed by atoms with van der Waals surface area (Å²) in [5, 5.41) is 3.23. The van der Waals surface area contributed by atoms with Gasteiger partial charge >= 0.3 is 0 Å². The maximum Gasteiger partial charge on any atom is 0.134 e. The van der Waals surface area contributed by atoms with E-state index in [0.717, 1.165) is 24.2 Å². The zero-order valence-corrected chi connectivity index (χ0v) is 10.4. The molecule has 0 amide bonds. The second kappa shape index (κ2) is 5.32. The molecule has 0 aromatic heterocycles. The molecule has 0 aliphatic heterocycles. The number of Topliss-reactive ketones (excluding diaryl/α,β-unsaturated/α-hetero) is 1. The number of ether oxygens (including phenoxy) is 1. The average molecular weight is 233 g/mol. The first-order chi connectivity index (χ1) is 8.17. The fraction of sp³-hybridized carbons (Fsp3) is 0.500. The molecule has 0 radical (unpaired) electrons. The summed E-state index contributed by atoms with van der Waals surface area (Å²) in [6, 6.07) is 8.43. The Morgan fingerprint density at radius 1 is 1.35 bits per heavy atom. The second-order valence-corrected chi connectivity index (χ2v) is 4.72. The third-order valence-corrected chi connectivity index (χ3v) is 3.18. The van der Waals surface area contributed by atoms with Crippen molar-refractivity contribution in [3.63, 3.8) is 0 Å². The van der Waals surface area contributed by atoms with E-state index in [1.165, 1.54) is 0 Å². The lowest BCUT2D eigenvalue weighted by Crippen LogP contribution is -2.45. The standard InChI is InChI=1S/C14H19NO2/c1-10(16)7-11-3-5-13(6-4-11)17-14-8-12(9-14)15-2/h3-6,12,14-15H,7-9H2,1-2H3/t12-,14-. The zero-order valence-electron chi connectivity index (χ0n) is 10.4. The molecule has 2 rings (SSSR count). The summed E-state index contributed by atoms with van der Waals surface area (Å²) in [4.78, 5) is 11.0. The van der Waals surface area contributed by atoms with Gasteiger partial charge in [-0.1, -0.05) is 12.1 Å². The number of benzene rings is 1. The summed E-state index contributed by atoms with van der Waals surface area (Å²) >= 11 is 0. The van der Waals surface area contributed by atoms with E-state index >= 15 is 0 Å². The summed E-state index contributed by atoms with van der Waals surface area (Å²) in [5.41, 5.74) is 1.05. The van der Waals surface area contributed by atoms with Crippen molar-refractivity contribution in [3.8, 4) is 5.75 Å². The van der Waals surface area contributed by atoms with Gasteiger partial charge in [-0.05, 0) is 44.5 Å². The van der Waals surface area contributed by atoms with Crippen molar-refractivity contribution in [2.45, 2.75) is 38.3 Å². The molecule has 0 atom stereocenters. The third-order valence-electron chi connectivity index (χ3n) is 3.18. The van der Waals surface area contributed by atoms with E-state index in [-0.39, 0.29) is 5.78 Å². The number of carbonyl (C=O) groups excluding carboxylic acids is 1. The highest BCUT2D eigenvalue weighted by Crippen LogP contribution is 2.25. The molecule has 1 aromatic rings. The molecule has 1 aliphatic carbocycles. The first-order valence-electron chi connectivity index (χ1n) is 6.09. The minimum Gasteiger partial charge on any atom is -0.490 e. The normalized spacial score (nSPS) is 22.9. The van der Waals surface area contributed by atoms with Crippen molar-refractivity contribution in [2.24, 2.45) is 0 Å². The number of hydrogen-bond donors (Lipinski definition) is 1. The van der Waals surface area contributed by atoms with Gasteiger partial charge in [0.1, 0.15) is 17.6 Å². The van der Waals surface area contributed by atoms with Gasteiger partial charge < -0.3 is 10.1 Å². The van der Waals surface area contributed by atoms with Crippen molar-refractivity contribution in [1.29, 1.82) is 0 Å². The van der Waals surface area contributed by atoms with E-state index in [1.807, 2.05) is 31.3 Å². The Hall–Kier alpha value is -1.35. The monoisotopic (exact) mass is 233 g/mol. The lowest BCUT2D eigenvalue weighted by atomic mass is 9.89. The van der Waals surface area contributed by atoms with Crippen LogP contribution in [0.1, 0.15) is 25.3 Å². The summed E-state index contributed by atoms with van der Waals surface area (Å²) in [7, 11) is 1.98. The summed E-state index contributed by atoms with van der Waals surface area (Å²) in [6.07, 6.45) is 2.99. The van der Waals surface area contributed by atoms with Gasteiger partial charge in [0.15, 0.2) is 0 Å². The number of nitrogens with one attached hydrogen (secondary N) is 1. The minimum absolute atomic E-state index is 0.189. The number of rotatable bonds is 5. The SMILES string of the molecule is CN[C@H]1C[C@H](Oc2ccc(CC(C)=O)cc2)C1. The Kier molecular flexibility index (Phi) is 3.79. The molecule has 0 heterocycles. The molecule has 0 unspecified atom stereocenters. The van der Waals surface area contributed by atoms with E-state index in [9.17, 15) is 4.79 Å². The van der Waals surface area contributed by atoms with Crippen LogP contribution in [-0.4, -0.2) is 25.0 Å². The lowest BCUT2D eigenvalue weighted by Gasteiger charge is -2.35. The van der Waals surface area contributed by atoms with Crippen LogP contribution in [0.5, 0.6) is 5.75 Å². The predicted molar refractivity (Wildman–Crippen MR) is 67.3 cm³/mol. The number of ketones is 1. The Bertz CT molecular complexity index is 380. The smallest absolute Gasteiger partial charge is 0.134 e. The van der Waals surface area contributed by atoms with Crippen molar-refractivity contribution < 1.29 is 9.53 Å². The number of hydrogen-bond acceptors (Lipinski definition) is 3. The second-order valence-electron chi connectivity index (χ2n) is 4.72. The van der Waals surface area contributed by atoms with Gasteiger partial charge in [-0.2, -0.15) is 0 Å². The Morgan fingerprint density at radius 3 is 2.53 bits per heavy atom. The van der Waals surface area contributed by atoms with Crippen LogP contribution in [0.2, 0.25) is 0 Å². The molecule has 1 N–H and O–H groups in total. The molecule has 92 valence electrons. The molecule has 1 fully saturated rings.